The maximum absolute atomic E-state index is 12.9. The topological polar surface area (TPSA) is 104 Å². The Bertz CT molecular complexity index is 1610. The highest BCUT2D eigenvalue weighted by Crippen LogP contribution is 2.32. The third-order valence-corrected chi connectivity index (χ3v) is 7.03. The SMILES string of the molecule is CCC(c1ccc(N2CCOCC2)cc1)n1cc(-c2cc(-c3cnn(CC(F)(F)F)c3)c3nc(N)nn3c2)cn1. The van der Waals surface area contributed by atoms with E-state index in [2.05, 4.69) is 56.4 Å². The van der Waals surface area contributed by atoms with Crippen molar-refractivity contribution in [2.24, 2.45) is 0 Å². The maximum atomic E-state index is 12.9. The lowest BCUT2D eigenvalue weighted by Gasteiger charge is -2.29. The molecule has 0 amide bonds. The van der Waals surface area contributed by atoms with Gasteiger partial charge in [0.25, 0.3) is 0 Å². The minimum Gasteiger partial charge on any atom is -0.378 e. The van der Waals surface area contributed by atoms with Crippen molar-refractivity contribution in [3.05, 3.63) is 66.9 Å². The number of nitrogen functional groups attached to an aromatic ring is 1. The molecule has 13 heteroatoms. The van der Waals surface area contributed by atoms with Crippen LogP contribution in [0.4, 0.5) is 24.8 Å². The summed E-state index contributed by atoms with van der Waals surface area (Å²) >= 11 is 0. The lowest BCUT2D eigenvalue weighted by Crippen LogP contribution is -2.36. The molecule has 1 aliphatic rings. The van der Waals surface area contributed by atoms with Crippen molar-refractivity contribution in [1.82, 2.24) is 34.2 Å². The second-order valence-corrected chi connectivity index (χ2v) is 9.75. The average molecular weight is 552 g/mol. The Labute approximate surface area is 227 Å². The lowest BCUT2D eigenvalue weighted by molar-refractivity contribution is -0.142. The zero-order valence-electron chi connectivity index (χ0n) is 21.8. The Morgan fingerprint density at radius 3 is 2.45 bits per heavy atom. The molecule has 0 spiro atoms. The zero-order chi connectivity index (χ0) is 27.9. The summed E-state index contributed by atoms with van der Waals surface area (Å²) in [4.78, 5) is 6.59. The van der Waals surface area contributed by atoms with Crippen molar-refractivity contribution in [3.8, 4) is 22.3 Å². The van der Waals surface area contributed by atoms with Gasteiger partial charge in [-0.2, -0.15) is 28.4 Å². The van der Waals surface area contributed by atoms with Crippen LogP contribution in [0.25, 0.3) is 27.9 Å². The molecule has 208 valence electrons. The Morgan fingerprint density at radius 1 is 0.975 bits per heavy atom. The third-order valence-electron chi connectivity index (χ3n) is 7.03. The van der Waals surface area contributed by atoms with Gasteiger partial charge < -0.3 is 15.4 Å². The van der Waals surface area contributed by atoms with E-state index in [1.165, 1.54) is 22.6 Å². The monoisotopic (exact) mass is 551 g/mol. The molecule has 6 rings (SSSR count). The first kappa shape index (κ1) is 25.9. The molecule has 1 fully saturated rings. The van der Waals surface area contributed by atoms with E-state index in [4.69, 9.17) is 10.5 Å². The van der Waals surface area contributed by atoms with Gasteiger partial charge in [0, 0.05) is 59.6 Å². The zero-order valence-corrected chi connectivity index (χ0v) is 21.8. The number of morpholine rings is 1. The molecule has 4 aromatic heterocycles. The minimum absolute atomic E-state index is 0.0262. The number of halogens is 3. The van der Waals surface area contributed by atoms with Gasteiger partial charge in [0.05, 0.1) is 31.6 Å². The first-order valence-corrected chi connectivity index (χ1v) is 13.0. The Kier molecular flexibility index (Phi) is 6.66. The molecule has 1 aliphatic heterocycles. The molecule has 1 unspecified atom stereocenters. The highest BCUT2D eigenvalue weighted by Gasteiger charge is 2.28. The average Bonchev–Trinajstić information content (AvgIpc) is 3.68. The molecule has 10 nitrogen and oxygen atoms in total. The molecule has 5 heterocycles. The maximum Gasteiger partial charge on any atom is 0.408 e. The number of hydrogen-bond donors (Lipinski definition) is 1. The quantitative estimate of drug-likeness (QED) is 0.319. The highest BCUT2D eigenvalue weighted by atomic mass is 19.4. The van der Waals surface area contributed by atoms with Crippen LogP contribution in [0.5, 0.6) is 0 Å². The smallest absolute Gasteiger partial charge is 0.378 e. The van der Waals surface area contributed by atoms with Crippen LogP contribution in [0.15, 0.2) is 61.3 Å². The molecule has 5 aromatic rings. The molecule has 0 saturated carbocycles. The number of pyridine rings is 1. The van der Waals surface area contributed by atoms with E-state index in [9.17, 15) is 13.2 Å². The predicted molar refractivity (Wildman–Crippen MR) is 144 cm³/mol. The van der Waals surface area contributed by atoms with Gasteiger partial charge in [0.15, 0.2) is 5.65 Å². The summed E-state index contributed by atoms with van der Waals surface area (Å²) in [5.74, 6) is 0.0587. The van der Waals surface area contributed by atoms with E-state index in [0.717, 1.165) is 54.1 Å². The Morgan fingerprint density at radius 2 is 1.73 bits per heavy atom. The molecule has 1 saturated heterocycles. The van der Waals surface area contributed by atoms with Crippen LogP contribution >= 0.6 is 0 Å². The van der Waals surface area contributed by atoms with E-state index >= 15 is 0 Å². The summed E-state index contributed by atoms with van der Waals surface area (Å²) in [7, 11) is 0. The van der Waals surface area contributed by atoms with Gasteiger partial charge in [0.2, 0.25) is 5.95 Å². The minimum atomic E-state index is -4.38. The number of aromatic nitrogens is 7. The molecule has 0 radical (unpaired) electrons. The first-order valence-electron chi connectivity index (χ1n) is 13.0. The van der Waals surface area contributed by atoms with Crippen molar-refractivity contribution in [2.45, 2.75) is 32.1 Å². The van der Waals surface area contributed by atoms with Gasteiger partial charge >= 0.3 is 6.18 Å². The first-order chi connectivity index (χ1) is 19.3. The molecular weight excluding hydrogens is 523 g/mol. The van der Waals surface area contributed by atoms with Gasteiger partial charge in [-0.1, -0.05) is 19.1 Å². The van der Waals surface area contributed by atoms with E-state index in [1.54, 1.807) is 12.4 Å². The van der Waals surface area contributed by atoms with Crippen LogP contribution in [-0.2, 0) is 11.3 Å². The summed E-state index contributed by atoms with van der Waals surface area (Å²) in [6, 6.07) is 10.4. The predicted octanol–water partition coefficient (Wildman–Crippen LogP) is 4.44. The van der Waals surface area contributed by atoms with E-state index in [-0.39, 0.29) is 12.0 Å². The molecule has 2 N–H and O–H groups in total. The number of rotatable bonds is 7. The van der Waals surface area contributed by atoms with Crippen LogP contribution in [0.3, 0.4) is 0 Å². The summed E-state index contributed by atoms with van der Waals surface area (Å²) in [5.41, 5.74) is 11.2. The van der Waals surface area contributed by atoms with Crippen LogP contribution < -0.4 is 10.6 Å². The molecule has 40 heavy (non-hydrogen) atoms. The fourth-order valence-electron chi connectivity index (χ4n) is 5.11. The molecule has 0 bridgehead atoms. The molecule has 1 aromatic carbocycles. The van der Waals surface area contributed by atoms with Crippen molar-refractivity contribution in [3.63, 3.8) is 0 Å². The highest BCUT2D eigenvalue weighted by molar-refractivity contribution is 5.81. The summed E-state index contributed by atoms with van der Waals surface area (Å²) < 4.78 is 48.5. The van der Waals surface area contributed by atoms with E-state index < -0.39 is 12.7 Å². The Balaban J connectivity index is 1.31. The van der Waals surface area contributed by atoms with Gasteiger partial charge in [-0.3, -0.25) is 9.36 Å². The normalized spacial score (nSPS) is 15.2. The standard InChI is InChI=1S/C27H28F3N9O/c1-2-24(18-3-5-22(6-4-18)36-7-9-40-10-8-36)38-16-20(12-33-38)19-11-23(25-34-26(31)35-39(25)15-19)21-13-32-37(14-21)17-27(28,29)30/h3-6,11-16,24H,2,7-10,17H2,1H3,(H2,31,35). The summed E-state index contributed by atoms with van der Waals surface area (Å²) in [6.45, 7) is 4.16. The summed E-state index contributed by atoms with van der Waals surface area (Å²) in [5, 5.41) is 12.8. The van der Waals surface area contributed by atoms with Crippen LogP contribution in [0.2, 0.25) is 0 Å². The van der Waals surface area contributed by atoms with Gasteiger partial charge in [-0.15, -0.1) is 5.10 Å². The number of benzene rings is 1. The summed E-state index contributed by atoms with van der Waals surface area (Å²) in [6.07, 6.45) is 4.68. The fourth-order valence-corrected chi connectivity index (χ4v) is 5.11. The lowest BCUT2D eigenvalue weighted by atomic mass is 10.0. The van der Waals surface area contributed by atoms with Crippen molar-refractivity contribution in [1.29, 1.82) is 0 Å². The van der Waals surface area contributed by atoms with E-state index in [1.807, 2.05) is 16.9 Å². The molecule has 0 aliphatic carbocycles. The van der Waals surface area contributed by atoms with Crippen molar-refractivity contribution >= 4 is 17.3 Å². The number of anilines is 2. The van der Waals surface area contributed by atoms with Crippen LogP contribution in [-0.4, -0.2) is 66.6 Å². The van der Waals surface area contributed by atoms with Gasteiger partial charge in [-0.25, -0.2) is 4.52 Å². The second kappa shape index (κ2) is 10.3. The van der Waals surface area contributed by atoms with Gasteiger partial charge in [-0.05, 0) is 30.2 Å². The van der Waals surface area contributed by atoms with Gasteiger partial charge in [0.1, 0.15) is 6.54 Å². The second-order valence-electron chi connectivity index (χ2n) is 9.75. The van der Waals surface area contributed by atoms with Crippen molar-refractivity contribution in [2.75, 3.05) is 36.9 Å². The number of alkyl halides is 3. The Hall–Kier alpha value is -4.39. The number of nitrogens with zero attached hydrogens (tertiary/aromatic N) is 8. The van der Waals surface area contributed by atoms with Crippen molar-refractivity contribution < 1.29 is 17.9 Å². The fraction of sp³-hybridized carbons (Fsp3) is 0.333. The number of ether oxygens (including phenoxy) is 1. The van der Waals surface area contributed by atoms with Crippen LogP contribution in [0, 0.1) is 0 Å². The third kappa shape index (κ3) is 5.24. The van der Waals surface area contributed by atoms with E-state index in [0.29, 0.717) is 16.8 Å². The largest absolute Gasteiger partial charge is 0.408 e. The molecular formula is C27H28F3N9O. The molecule has 1 atom stereocenters. The van der Waals surface area contributed by atoms with Crippen LogP contribution in [0.1, 0.15) is 24.9 Å². The number of fused-ring (bicyclic) bond motifs is 1. The number of hydrogen-bond acceptors (Lipinski definition) is 7. The number of nitrogens with two attached hydrogens (primary N) is 1.